The van der Waals surface area contributed by atoms with Crippen LogP contribution < -0.4 is 5.11 Å². The summed E-state index contributed by atoms with van der Waals surface area (Å²) in [5, 5.41) is 20.0. The maximum atomic E-state index is 11.1. The van der Waals surface area contributed by atoms with E-state index >= 15 is 0 Å². The van der Waals surface area contributed by atoms with Crippen molar-refractivity contribution in [2.24, 2.45) is 0 Å². The highest BCUT2D eigenvalue weighted by Crippen LogP contribution is 2.60. The van der Waals surface area contributed by atoms with Crippen molar-refractivity contribution >= 4 is 59.0 Å². The van der Waals surface area contributed by atoms with Gasteiger partial charge in [-0.1, -0.05) is 113 Å². The Morgan fingerprint density at radius 1 is 0.703 bits per heavy atom. The monoisotopic (exact) mass is 583 g/mol. The molecule has 2 aliphatic heterocycles. The van der Waals surface area contributed by atoms with Crippen molar-refractivity contribution in [3.63, 3.8) is 0 Å². The summed E-state index contributed by atoms with van der Waals surface area (Å²) in [6.45, 7) is 15.0. The molecule has 2 aliphatic rings. The van der Waals surface area contributed by atoms with Gasteiger partial charge >= 0.3 is 5.97 Å². The Morgan fingerprint density at radius 2 is 1.08 bits per heavy atom. The van der Waals surface area contributed by atoms with Gasteiger partial charge < -0.3 is 19.5 Å². The van der Waals surface area contributed by atoms with Crippen molar-refractivity contribution in [3.8, 4) is 0 Å². The number of nitrogens with zero attached hydrogens (tertiary/aromatic N) is 1. The van der Waals surface area contributed by atoms with Gasteiger partial charge in [0.2, 0.25) is 0 Å². The fourth-order valence-electron chi connectivity index (χ4n) is 4.23. The summed E-state index contributed by atoms with van der Waals surface area (Å²) in [6, 6.07) is 7.83. The second-order valence-corrected chi connectivity index (χ2v) is 14.0. The van der Waals surface area contributed by atoms with Crippen molar-refractivity contribution in [1.29, 1.82) is 0 Å². The minimum absolute atomic E-state index is 0.172. The molecule has 3 rings (SSSR count). The molecular formula is C28H41NO4S4. The molecule has 1 aromatic rings. The summed E-state index contributed by atoms with van der Waals surface area (Å²) in [4.78, 5) is 23.9. The third kappa shape index (κ3) is 9.92. The van der Waals surface area contributed by atoms with Gasteiger partial charge in [0.05, 0.1) is 45.5 Å². The van der Waals surface area contributed by atoms with Gasteiger partial charge in [-0.25, -0.2) is 4.79 Å². The molecule has 0 atom stereocenters. The first kappa shape index (κ1) is 32.2. The molecule has 0 spiro atoms. The highest BCUT2D eigenvalue weighted by Gasteiger charge is 2.31. The maximum Gasteiger partial charge on any atom is 0.343 e. The van der Waals surface area contributed by atoms with Crippen LogP contribution in [0.4, 0.5) is 0 Å². The van der Waals surface area contributed by atoms with Crippen LogP contribution in [0.5, 0.6) is 0 Å². The summed E-state index contributed by atoms with van der Waals surface area (Å²) in [5.41, 5.74) is 0. The smallest absolute Gasteiger partial charge is 0.343 e. The Bertz CT molecular complexity index is 884. The van der Waals surface area contributed by atoms with Crippen LogP contribution in [0.3, 0.4) is 0 Å². The quantitative estimate of drug-likeness (QED) is 0.225. The van der Waals surface area contributed by atoms with Gasteiger partial charge in [-0.2, -0.15) is 0 Å². The number of carbonyl (C=O) groups excluding carboxylic acids is 1. The molecular weight excluding hydrogens is 543 g/mol. The number of hydrogen-bond donors (Lipinski definition) is 1. The first-order valence-corrected chi connectivity index (χ1v) is 16.7. The normalized spacial score (nSPS) is 15.0. The van der Waals surface area contributed by atoms with E-state index in [0.29, 0.717) is 4.24 Å². The number of rotatable bonds is 14. The zero-order valence-corrected chi connectivity index (χ0v) is 25.8. The first-order chi connectivity index (χ1) is 17.8. The van der Waals surface area contributed by atoms with Crippen LogP contribution in [0.1, 0.15) is 79.1 Å². The van der Waals surface area contributed by atoms with E-state index < -0.39 is 11.9 Å². The highest BCUT2D eigenvalue weighted by atomic mass is 32.2. The lowest BCUT2D eigenvalue weighted by Gasteiger charge is -2.39. The van der Waals surface area contributed by atoms with Gasteiger partial charge in [0.15, 0.2) is 0 Å². The van der Waals surface area contributed by atoms with E-state index in [2.05, 4.69) is 27.7 Å². The Balaban J connectivity index is 0.000000265. The molecule has 0 aromatic heterocycles. The van der Waals surface area contributed by atoms with Crippen molar-refractivity contribution in [2.75, 3.05) is 26.2 Å². The molecule has 0 saturated heterocycles. The number of unbranched alkanes of at least 4 members (excludes halogenated alkanes) is 4. The number of thioether (sulfide) groups is 4. The highest BCUT2D eigenvalue weighted by molar-refractivity contribution is 8.33. The zero-order valence-electron chi connectivity index (χ0n) is 22.5. The molecule has 0 radical (unpaired) electrons. The molecule has 1 aromatic carbocycles. The van der Waals surface area contributed by atoms with Gasteiger partial charge in [0.1, 0.15) is 4.91 Å². The van der Waals surface area contributed by atoms with E-state index in [4.69, 9.17) is 5.11 Å². The van der Waals surface area contributed by atoms with E-state index in [0.717, 1.165) is 37.6 Å². The van der Waals surface area contributed by atoms with Crippen molar-refractivity contribution in [2.45, 2.75) is 88.9 Å². The van der Waals surface area contributed by atoms with Crippen molar-refractivity contribution < 1.29 is 24.3 Å². The van der Waals surface area contributed by atoms with Gasteiger partial charge in [0.25, 0.3) is 0 Å². The fourth-order valence-corrected chi connectivity index (χ4v) is 9.36. The number of hydrogen-bond acceptors (Lipinski definition) is 7. The average molecular weight is 584 g/mol. The van der Waals surface area contributed by atoms with Crippen LogP contribution in [0, 0.1) is 0 Å². The van der Waals surface area contributed by atoms with E-state index in [1.54, 1.807) is 0 Å². The standard InChI is InChI=1S/C16H36N.C12H6O4S4/c1-5-9-13-17(14-10-6-2,15-11-7-3)16-12-8-4;13-9(14)7-8(10(15)16)20-12(19-7)11-17-5-3-1-2-4-6(5)18-11/h5-16H2,1-4H3;1-4H,(H,13,14)(H,15,16)/q+1;/p-1. The van der Waals surface area contributed by atoms with Crippen LogP contribution in [-0.4, -0.2) is 47.7 Å². The third-order valence-corrected chi connectivity index (χ3v) is 12.0. The molecule has 9 heteroatoms. The number of carboxylic acids is 2. The van der Waals surface area contributed by atoms with Crippen LogP contribution >= 0.6 is 47.0 Å². The summed E-state index contributed by atoms with van der Waals surface area (Å²) >= 11 is 5.00. The summed E-state index contributed by atoms with van der Waals surface area (Å²) in [5.74, 6) is -2.68. The van der Waals surface area contributed by atoms with Gasteiger partial charge in [-0.05, 0) is 37.8 Å². The summed E-state index contributed by atoms with van der Waals surface area (Å²) in [7, 11) is 0. The van der Waals surface area contributed by atoms with Crippen LogP contribution in [0.15, 0.2) is 52.3 Å². The number of quaternary nitrogens is 1. The Kier molecular flexibility index (Phi) is 14.7. The number of benzene rings is 1. The van der Waals surface area contributed by atoms with Gasteiger partial charge in [-0.3, -0.25) is 0 Å². The average Bonchev–Trinajstić information content (AvgIpc) is 3.53. The lowest BCUT2D eigenvalue weighted by molar-refractivity contribution is -0.929. The third-order valence-electron chi connectivity index (χ3n) is 6.34. The number of carbonyl (C=O) groups is 2. The lowest BCUT2D eigenvalue weighted by atomic mass is 10.1. The predicted octanol–water partition coefficient (Wildman–Crippen LogP) is 7.54. The summed E-state index contributed by atoms with van der Waals surface area (Å²) in [6.07, 6.45) is 11.1. The molecule has 0 amide bonds. The molecule has 37 heavy (non-hydrogen) atoms. The topological polar surface area (TPSA) is 77.4 Å². The van der Waals surface area contributed by atoms with Crippen LogP contribution in [0.2, 0.25) is 0 Å². The van der Waals surface area contributed by atoms with Crippen molar-refractivity contribution in [3.05, 3.63) is 42.6 Å². The molecule has 0 bridgehead atoms. The SMILES string of the molecule is CCCC[N+](CCCC)(CCCC)CCCC.O=C([O-])C1=C(C(=O)O)SC(=C2Sc3ccccc3S2)S1. The number of fused-ring (bicyclic) bond motifs is 1. The number of carboxylic acid groups (broad SMARTS) is 2. The number of aliphatic carboxylic acids is 2. The largest absolute Gasteiger partial charge is 0.544 e. The lowest BCUT2D eigenvalue weighted by Crippen LogP contribution is -2.50. The Hall–Kier alpha value is -1.000. The van der Waals surface area contributed by atoms with Crippen LogP contribution in [-0.2, 0) is 9.59 Å². The minimum atomic E-state index is -1.44. The minimum Gasteiger partial charge on any atom is -0.544 e. The first-order valence-electron chi connectivity index (χ1n) is 13.4. The van der Waals surface area contributed by atoms with Gasteiger partial charge in [0, 0.05) is 9.79 Å². The van der Waals surface area contributed by atoms with E-state index in [1.807, 2.05) is 24.3 Å². The molecule has 0 aliphatic carbocycles. The second kappa shape index (κ2) is 16.9. The van der Waals surface area contributed by atoms with E-state index in [-0.39, 0.29) is 9.81 Å². The molecule has 5 nitrogen and oxygen atoms in total. The van der Waals surface area contributed by atoms with E-state index in [1.165, 1.54) is 106 Å². The molecule has 0 unspecified atom stereocenters. The molecule has 0 fully saturated rings. The zero-order chi connectivity index (χ0) is 27.3. The van der Waals surface area contributed by atoms with E-state index in [9.17, 15) is 14.7 Å². The second-order valence-electron chi connectivity index (χ2n) is 9.33. The van der Waals surface area contributed by atoms with Crippen molar-refractivity contribution in [1.82, 2.24) is 0 Å². The fraction of sp³-hybridized carbons (Fsp3) is 0.571. The maximum absolute atomic E-state index is 11.1. The summed E-state index contributed by atoms with van der Waals surface area (Å²) < 4.78 is 3.02. The Labute approximate surface area is 239 Å². The molecule has 0 saturated carbocycles. The molecule has 1 N–H and O–H groups in total. The molecule has 206 valence electrons. The van der Waals surface area contributed by atoms with Crippen LogP contribution in [0.25, 0.3) is 0 Å². The van der Waals surface area contributed by atoms with Gasteiger partial charge in [-0.15, -0.1) is 0 Å². The molecule has 2 heterocycles. The Morgan fingerprint density at radius 3 is 1.41 bits per heavy atom. The predicted molar refractivity (Wildman–Crippen MR) is 159 cm³/mol.